The van der Waals surface area contributed by atoms with Gasteiger partial charge in [-0.2, -0.15) is 0 Å². The minimum Gasteiger partial charge on any atom is -0.0654 e. The van der Waals surface area contributed by atoms with Gasteiger partial charge in [-0.25, -0.2) is 0 Å². The second-order valence-corrected chi connectivity index (χ2v) is 8.90. The first kappa shape index (κ1) is 14.9. The molecule has 0 radical (unpaired) electrons. The molecule has 0 spiro atoms. The summed E-state index contributed by atoms with van der Waals surface area (Å²) in [6, 6.07) is 0. The van der Waals surface area contributed by atoms with Crippen LogP contribution in [0.5, 0.6) is 0 Å². The maximum atomic E-state index is 2.69. The molecule has 3 saturated carbocycles. The number of hydrogen-bond acceptors (Lipinski definition) is 0. The zero-order valence-electron chi connectivity index (χ0n) is 14.3. The molecule has 0 saturated heterocycles. The Morgan fingerprint density at radius 3 is 2.45 bits per heavy atom. The van der Waals surface area contributed by atoms with E-state index in [1.54, 1.807) is 32.1 Å². The topological polar surface area (TPSA) is 0 Å². The normalized spacial score (nSPS) is 52.2. The minimum absolute atomic E-state index is 0.700. The Morgan fingerprint density at radius 1 is 0.950 bits per heavy atom. The van der Waals surface area contributed by atoms with Gasteiger partial charge in [0.25, 0.3) is 0 Å². The first-order chi connectivity index (χ1) is 9.56. The van der Waals surface area contributed by atoms with Crippen molar-refractivity contribution < 1.29 is 0 Å². The summed E-state index contributed by atoms with van der Waals surface area (Å²) in [5, 5.41) is 0. The van der Waals surface area contributed by atoms with E-state index in [0.717, 1.165) is 35.5 Å². The maximum absolute atomic E-state index is 2.69. The van der Waals surface area contributed by atoms with E-state index < -0.39 is 0 Å². The summed E-state index contributed by atoms with van der Waals surface area (Å²) in [5.74, 6) is 6.21. The predicted octanol–water partition coefficient (Wildman–Crippen LogP) is 6.30. The third-order valence-electron chi connectivity index (χ3n) is 8.00. The molecule has 0 aliphatic heterocycles. The van der Waals surface area contributed by atoms with Crippen LogP contribution in [0.3, 0.4) is 0 Å². The van der Waals surface area contributed by atoms with Crippen molar-refractivity contribution in [3.05, 3.63) is 0 Å². The third kappa shape index (κ3) is 2.35. The van der Waals surface area contributed by atoms with E-state index in [2.05, 4.69) is 27.7 Å². The van der Waals surface area contributed by atoms with Crippen molar-refractivity contribution in [3.63, 3.8) is 0 Å². The fourth-order valence-electron chi connectivity index (χ4n) is 6.65. The number of rotatable bonds is 2. The molecule has 0 aromatic heterocycles. The average molecular weight is 277 g/mol. The number of fused-ring (bicyclic) bond motifs is 3. The van der Waals surface area contributed by atoms with Crippen LogP contribution in [0.4, 0.5) is 0 Å². The lowest BCUT2D eigenvalue weighted by Crippen LogP contribution is -2.51. The molecule has 116 valence electrons. The van der Waals surface area contributed by atoms with Crippen molar-refractivity contribution in [2.24, 2.45) is 40.9 Å². The highest BCUT2D eigenvalue weighted by atomic mass is 14.6. The zero-order valence-corrected chi connectivity index (χ0v) is 14.3. The fourth-order valence-corrected chi connectivity index (χ4v) is 6.65. The van der Waals surface area contributed by atoms with Crippen LogP contribution in [0.15, 0.2) is 0 Å². The first-order valence-corrected chi connectivity index (χ1v) is 9.56. The van der Waals surface area contributed by atoms with Crippen LogP contribution in [0, 0.1) is 40.9 Å². The lowest BCUT2D eigenvalue weighted by Gasteiger charge is -2.59. The quantitative estimate of drug-likeness (QED) is 0.555. The lowest BCUT2D eigenvalue weighted by molar-refractivity contribution is -0.0988. The SMILES string of the molecule is CCCC1CCC2C(CCC3C(C)C(C)CCC23C)C1. The van der Waals surface area contributed by atoms with Crippen LogP contribution < -0.4 is 0 Å². The average Bonchev–Trinajstić information content (AvgIpc) is 2.44. The van der Waals surface area contributed by atoms with E-state index in [0.29, 0.717) is 5.41 Å². The standard InChI is InChI=1S/C20H36/c1-5-6-16-7-9-19-17(13-16)8-10-18-15(3)14(2)11-12-20(18,19)4/h14-19H,5-13H2,1-4H3. The molecule has 0 heteroatoms. The van der Waals surface area contributed by atoms with Gasteiger partial charge in [-0.3, -0.25) is 0 Å². The molecule has 0 heterocycles. The second-order valence-electron chi connectivity index (χ2n) is 8.90. The molecular formula is C20H36. The molecule has 0 nitrogen and oxygen atoms in total. The van der Waals surface area contributed by atoms with Gasteiger partial charge in [0.05, 0.1) is 0 Å². The smallest absolute Gasteiger partial charge is 0.0264 e. The van der Waals surface area contributed by atoms with Crippen LogP contribution in [-0.2, 0) is 0 Å². The molecule has 0 aromatic carbocycles. The van der Waals surface area contributed by atoms with Gasteiger partial charge in [0.15, 0.2) is 0 Å². The van der Waals surface area contributed by atoms with E-state index in [9.17, 15) is 0 Å². The van der Waals surface area contributed by atoms with Gasteiger partial charge in [-0.15, -0.1) is 0 Å². The molecule has 0 aromatic rings. The Labute approximate surface area is 127 Å². The largest absolute Gasteiger partial charge is 0.0654 e. The van der Waals surface area contributed by atoms with Gasteiger partial charge in [0.1, 0.15) is 0 Å². The monoisotopic (exact) mass is 276 g/mol. The summed E-state index contributed by atoms with van der Waals surface area (Å²) in [6.07, 6.45) is 13.7. The highest BCUT2D eigenvalue weighted by molar-refractivity contribution is 5.02. The zero-order chi connectivity index (χ0) is 14.3. The summed E-state index contributed by atoms with van der Waals surface area (Å²) in [4.78, 5) is 0. The Kier molecular flexibility index (Phi) is 4.22. The maximum Gasteiger partial charge on any atom is -0.0264 e. The van der Waals surface area contributed by atoms with Crippen LogP contribution in [0.1, 0.15) is 85.5 Å². The fraction of sp³-hybridized carbons (Fsp3) is 1.00. The van der Waals surface area contributed by atoms with E-state index in [1.165, 1.54) is 25.7 Å². The van der Waals surface area contributed by atoms with Crippen molar-refractivity contribution in [1.82, 2.24) is 0 Å². The van der Waals surface area contributed by atoms with Crippen molar-refractivity contribution in [2.45, 2.75) is 85.5 Å². The first-order valence-electron chi connectivity index (χ1n) is 9.56. The molecule has 0 N–H and O–H groups in total. The molecular weight excluding hydrogens is 240 g/mol. The Balaban J connectivity index is 1.75. The van der Waals surface area contributed by atoms with Crippen molar-refractivity contribution in [1.29, 1.82) is 0 Å². The summed E-state index contributed by atoms with van der Waals surface area (Å²) in [6.45, 7) is 10.1. The van der Waals surface area contributed by atoms with Crippen molar-refractivity contribution >= 4 is 0 Å². The van der Waals surface area contributed by atoms with Gasteiger partial charge in [-0.05, 0) is 79.4 Å². The van der Waals surface area contributed by atoms with E-state index in [-0.39, 0.29) is 0 Å². The summed E-state index contributed by atoms with van der Waals surface area (Å²) in [7, 11) is 0. The van der Waals surface area contributed by atoms with Crippen LogP contribution in [-0.4, -0.2) is 0 Å². The summed E-state index contributed by atoms with van der Waals surface area (Å²) < 4.78 is 0. The van der Waals surface area contributed by atoms with Crippen LogP contribution in [0.25, 0.3) is 0 Å². The minimum atomic E-state index is 0.700. The Morgan fingerprint density at radius 2 is 1.70 bits per heavy atom. The summed E-state index contributed by atoms with van der Waals surface area (Å²) in [5.41, 5.74) is 0.700. The van der Waals surface area contributed by atoms with E-state index in [4.69, 9.17) is 0 Å². The molecule has 0 amide bonds. The molecule has 3 fully saturated rings. The number of hydrogen-bond donors (Lipinski definition) is 0. The lowest BCUT2D eigenvalue weighted by atomic mass is 9.46. The van der Waals surface area contributed by atoms with Crippen LogP contribution >= 0.6 is 0 Å². The van der Waals surface area contributed by atoms with Crippen LogP contribution in [0.2, 0.25) is 0 Å². The molecule has 7 unspecified atom stereocenters. The van der Waals surface area contributed by atoms with Gasteiger partial charge < -0.3 is 0 Å². The highest BCUT2D eigenvalue weighted by Gasteiger charge is 2.53. The highest BCUT2D eigenvalue weighted by Crippen LogP contribution is 2.62. The van der Waals surface area contributed by atoms with Gasteiger partial charge in [0, 0.05) is 0 Å². The second kappa shape index (κ2) is 5.65. The molecule has 20 heavy (non-hydrogen) atoms. The molecule has 0 bridgehead atoms. The Bertz CT molecular complexity index is 333. The van der Waals surface area contributed by atoms with Gasteiger partial charge >= 0.3 is 0 Å². The molecule has 3 rings (SSSR count). The molecule has 3 aliphatic carbocycles. The predicted molar refractivity (Wildman–Crippen MR) is 87.6 cm³/mol. The van der Waals surface area contributed by atoms with Crippen molar-refractivity contribution in [3.8, 4) is 0 Å². The Hall–Kier alpha value is 0. The van der Waals surface area contributed by atoms with Crippen molar-refractivity contribution in [2.75, 3.05) is 0 Å². The molecule has 3 aliphatic rings. The van der Waals surface area contributed by atoms with E-state index in [1.807, 2.05) is 0 Å². The van der Waals surface area contributed by atoms with E-state index >= 15 is 0 Å². The van der Waals surface area contributed by atoms with Gasteiger partial charge in [-0.1, -0.05) is 47.0 Å². The van der Waals surface area contributed by atoms with Gasteiger partial charge in [0.2, 0.25) is 0 Å². The third-order valence-corrected chi connectivity index (χ3v) is 8.00. The summed E-state index contributed by atoms with van der Waals surface area (Å²) >= 11 is 0. The molecule has 7 atom stereocenters.